The lowest BCUT2D eigenvalue weighted by atomic mass is 9.95. The Balaban J connectivity index is 1.55. The van der Waals surface area contributed by atoms with Crippen LogP contribution in [0.4, 0.5) is 0 Å². The van der Waals surface area contributed by atoms with Crippen molar-refractivity contribution in [3.8, 4) is 0 Å². The molecule has 3 aromatic rings. The Labute approximate surface area is 182 Å². The van der Waals surface area contributed by atoms with Crippen LogP contribution in [0.2, 0.25) is 0 Å². The molecule has 0 bridgehead atoms. The Morgan fingerprint density at radius 2 is 1.93 bits per heavy atom. The van der Waals surface area contributed by atoms with E-state index in [0.717, 1.165) is 42.3 Å². The molecule has 0 saturated carbocycles. The number of carbonyl (C=O) groups is 1. The number of thiophene rings is 1. The zero-order valence-corrected chi connectivity index (χ0v) is 19.0. The van der Waals surface area contributed by atoms with E-state index in [2.05, 4.69) is 58.3 Å². The maximum Gasteiger partial charge on any atom is 0.261 e. The van der Waals surface area contributed by atoms with Crippen molar-refractivity contribution in [3.63, 3.8) is 0 Å². The molecule has 30 heavy (non-hydrogen) atoms. The minimum atomic E-state index is 0.0531. The normalized spacial score (nSPS) is 17.3. The molecule has 1 N–H and O–H groups in total. The minimum Gasteiger partial charge on any atom is -0.349 e. The third-order valence-electron chi connectivity index (χ3n) is 5.59. The number of fused-ring (bicyclic) bond motifs is 1. The number of amides is 1. The molecule has 0 aliphatic carbocycles. The minimum absolute atomic E-state index is 0.0531. The van der Waals surface area contributed by atoms with Crippen molar-refractivity contribution < 1.29 is 4.79 Å². The molecule has 3 heterocycles. The smallest absolute Gasteiger partial charge is 0.261 e. The Bertz CT molecular complexity index is 1030. The van der Waals surface area contributed by atoms with Crippen LogP contribution < -0.4 is 5.32 Å². The summed E-state index contributed by atoms with van der Waals surface area (Å²) in [6, 6.07) is 8.53. The number of aromatic nitrogens is 2. The summed E-state index contributed by atoms with van der Waals surface area (Å²) in [6.45, 7) is 11.1. The molecular formula is C24H30N4OS. The second kappa shape index (κ2) is 8.82. The summed E-state index contributed by atoms with van der Waals surface area (Å²) < 4.78 is 1.19. The van der Waals surface area contributed by atoms with Crippen LogP contribution in [-0.2, 0) is 6.54 Å². The molecule has 1 amide bonds. The lowest BCUT2D eigenvalue weighted by Crippen LogP contribution is -2.30. The van der Waals surface area contributed by atoms with Gasteiger partial charge in [0.25, 0.3) is 5.91 Å². The third-order valence-corrected chi connectivity index (χ3v) is 6.77. The number of likely N-dealkylation sites (tertiary alicyclic amines) is 1. The van der Waals surface area contributed by atoms with E-state index >= 15 is 0 Å². The summed E-state index contributed by atoms with van der Waals surface area (Å²) in [4.78, 5) is 25.3. The van der Waals surface area contributed by atoms with E-state index in [9.17, 15) is 4.79 Å². The molecule has 0 spiro atoms. The van der Waals surface area contributed by atoms with Crippen molar-refractivity contribution in [2.75, 3.05) is 13.1 Å². The summed E-state index contributed by atoms with van der Waals surface area (Å²) >= 11 is 1.62. The number of carbonyl (C=O) groups excluding carboxylic acids is 1. The molecule has 1 saturated heterocycles. The van der Waals surface area contributed by atoms with Gasteiger partial charge in [-0.2, -0.15) is 0 Å². The summed E-state index contributed by atoms with van der Waals surface area (Å²) in [6.07, 6.45) is 4.97. The maximum absolute atomic E-state index is 12.9. The first kappa shape index (κ1) is 20.9. The van der Waals surface area contributed by atoms with Gasteiger partial charge >= 0.3 is 0 Å². The van der Waals surface area contributed by atoms with Crippen molar-refractivity contribution in [1.29, 1.82) is 0 Å². The molecular weight excluding hydrogens is 392 g/mol. The van der Waals surface area contributed by atoms with Gasteiger partial charge < -0.3 is 5.32 Å². The molecule has 2 aromatic heterocycles. The second-order valence-corrected chi connectivity index (χ2v) is 9.85. The van der Waals surface area contributed by atoms with Crippen molar-refractivity contribution in [2.24, 2.45) is 0 Å². The highest BCUT2D eigenvalue weighted by Gasteiger charge is 2.30. The predicted octanol–water partition coefficient (Wildman–Crippen LogP) is 4.94. The highest BCUT2D eigenvalue weighted by Crippen LogP contribution is 2.40. The van der Waals surface area contributed by atoms with Gasteiger partial charge in [-0.05, 0) is 43.8 Å². The first-order chi connectivity index (χ1) is 14.4. The Morgan fingerprint density at radius 3 is 2.63 bits per heavy atom. The first-order valence-electron chi connectivity index (χ1n) is 10.8. The molecule has 1 atom stereocenters. The van der Waals surface area contributed by atoms with Crippen LogP contribution in [0, 0.1) is 0 Å². The topological polar surface area (TPSA) is 58.1 Å². The highest BCUT2D eigenvalue weighted by molar-refractivity contribution is 7.21. The molecule has 6 heteroatoms. The standard InChI is InChI=1S/C24H30N4OS/c1-15(2)23-25-11-17(12-26-23)13-28-10-9-18(14-28)21-19-7-5-6-8-20(19)30-22(21)24(29)27-16(3)4/h5-8,11-12,15-16,18H,9-10,13-14H2,1-4H3,(H,27,29). The number of benzene rings is 1. The molecule has 5 nitrogen and oxygen atoms in total. The van der Waals surface area contributed by atoms with Crippen LogP contribution in [0.5, 0.6) is 0 Å². The quantitative estimate of drug-likeness (QED) is 0.611. The van der Waals surface area contributed by atoms with Gasteiger partial charge in [0.15, 0.2) is 0 Å². The van der Waals surface area contributed by atoms with Crippen LogP contribution in [0.3, 0.4) is 0 Å². The SMILES string of the molecule is CC(C)NC(=O)c1sc2ccccc2c1C1CCN(Cc2cnc(C(C)C)nc2)C1. The number of nitrogens with zero attached hydrogens (tertiary/aromatic N) is 3. The number of hydrogen-bond acceptors (Lipinski definition) is 5. The average molecular weight is 423 g/mol. The van der Waals surface area contributed by atoms with E-state index in [-0.39, 0.29) is 11.9 Å². The summed E-state index contributed by atoms with van der Waals surface area (Å²) in [7, 11) is 0. The Morgan fingerprint density at radius 1 is 1.20 bits per heavy atom. The van der Waals surface area contributed by atoms with E-state index in [1.807, 2.05) is 26.2 Å². The molecule has 158 valence electrons. The summed E-state index contributed by atoms with van der Waals surface area (Å²) in [5.41, 5.74) is 2.37. The van der Waals surface area contributed by atoms with Crippen LogP contribution in [0.25, 0.3) is 10.1 Å². The summed E-state index contributed by atoms with van der Waals surface area (Å²) in [5.74, 6) is 1.66. The molecule has 1 unspecified atom stereocenters. The van der Waals surface area contributed by atoms with Crippen molar-refractivity contribution in [3.05, 3.63) is 58.5 Å². The van der Waals surface area contributed by atoms with Crippen LogP contribution in [0.1, 0.15) is 72.6 Å². The fourth-order valence-electron chi connectivity index (χ4n) is 4.18. The third kappa shape index (κ3) is 4.40. The average Bonchev–Trinajstić information content (AvgIpc) is 3.32. The van der Waals surface area contributed by atoms with Gasteiger partial charge in [0.2, 0.25) is 0 Å². The van der Waals surface area contributed by atoms with E-state index < -0.39 is 0 Å². The van der Waals surface area contributed by atoms with Gasteiger partial charge in [0, 0.05) is 53.6 Å². The van der Waals surface area contributed by atoms with Crippen LogP contribution >= 0.6 is 11.3 Å². The Kier molecular flexibility index (Phi) is 6.16. The lowest BCUT2D eigenvalue weighted by Gasteiger charge is -2.17. The van der Waals surface area contributed by atoms with Gasteiger partial charge in [-0.3, -0.25) is 9.69 Å². The largest absolute Gasteiger partial charge is 0.349 e. The van der Waals surface area contributed by atoms with Crippen LogP contribution in [-0.4, -0.2) is 39.9 Å². The van der Waals surface area contributed by atoms with Gasteiger partial charge in [0.05, 0.1) is 4.88 Å². The van der Waals surface area contributed by atoms with Crippen molar-refractivity contribution >= 4 is 27.3 Å². The maximum atomic E-state index is 12.9. The number of hydrogen-bond donors (Lipinski definition) is 1. The fraction of sp³-hybridized carbons (Fsp3) is 0.458. The molecule has 1 aliphatic heterocycles. The monoisotopic (exact) mass is 422 g/mol. The predicted molar refractivity (Wildman–Crippen MR) is 123 cm³/mol. The van der Waals surface area contributed by atoms with Crippen molar-refractivity contribution in [2.45, 2.75) is 58.5 Å². The first-order valence-corrected chi connectivity index (χ1v) is 11.6. The van der Waals surface area contributed by atoms with E-state index in [4.69, 9.17) is 0 Å². The number of rotatable bonds is 6. The molecule has 0 radical (unpaired) electrons. The molecule has 1 fully saturated rings. The van der Waals surface area contributed by atoms with Gasteiger partial charge in [-0.25, -0.2) is 9.97 Å². The lowest BCUT2D eigenvalue weighted by molar-refractivity contribution is 0.0946. The zero-order valence-electron chi connectivity index (χ0n) is 18.2. The van der Waals surface area contributed by atoms with Gasteiger partial charge in [-0.1, -0.05) is 32.0 Å². The van der Waals surface area contributed by atoms with Crippen LogP contribution in [0.15, 0.2) is 36.7 Å². The van der Waals surface area contributed by atoms with Gasteiger partial charge in [0.1, 0.15) is 5.82 Å². The molecule has 1 aromatic carbocycles. The summed E-state index contributed by atoms with van der Waals surface area (Å²) in [5, 5.41) is 4.32. The fourth-order valence-corrected chi connectivity index (χ4v) is 5.37. The number of nitrogens with one attached hydrogen (secondary N) is 1. The Hall–Kier alpha value is -2.31. The highest BCUT2D eigenvalue weighted by atomic mass is 32.1. The molecule has 1 aliphatic rings. The molecule has 4 rings (SSSR count). The zero-order chi connectivity index (χ0) is 21.3. The second-order valence-electron chi connectivity index (χ2n) is 8.79. The van der Waals surface area contributed by atoms with E-state index in [1.165, 1.54) is 15.6 Å². The van der Waals surface area contributed by atoms with E-state index in [0.29, 0.717) is 11.8 Å². The van der Waals surface area contributed by atoms with E-state index in [1.54, 1.807) is 11.3 Å². The van der Waals surface area contributed by atoms with Crippen molar-refractivity contribution in [1.82, 2.24) is 20.2 Å². The van der Waals surface area contributed by atoms with Gasteiger partial charge in [-0.15, -0.1) is 11.3 Å².